The summed E-state index contributed by atoms with van der Waals surface area (Å²) in [5.74, 6) is 0. The molecule has 2 amide bonds. The third-order valence-electron chi connectivity index (χ3n) is 4.96. The second-order valence-corrected chi connectivity index (χ2v) is 8.02. The van der Waals surface area contributed by atoms with Gasteiger partial charge in [-0.15, -0.1) is 11.3 Å². The van der Waals surface area contributed by atoms with Crippen LogP contribution in [0, 0.1) is 0 Å². The molecule has 2 N–H and O–H groups in total. The van der Waals surface area contributed by atoms with Crippen molar-refractivity contribution in [2.45, 2.75) is 25.7 Å². The van der Waals surface area contributed by atoms with Crippen molar-refractivity contribution in [2.24, 2.45) is 4.99 Å². The summed E-state index contributed by atoms with van der Waals surface area (Å²) in [4.78, 5) is 24.2. The van der Waals surface area contributed by atoms with Crippen LogP contribution in [0.2, 0.25) is 0 Å². The second kappa shape index (κ2) is 8.54. The van der Waals surface area contributed by atoms with E-state index in [1.54, 1.807) is 6.92 Å². The summed E-state index contributed by atoms with van der Waals surface area (Å²) in [6.07, 6.45) is -3.40. The van der Waals surface area contributed by atoms with Crippen LogP contribution < -0.4 is 10.6 Å². The topological polar surface area (TPSA) is 79.3 Å². The van der Waals surface area contributed by atoms with Crippen molar-refractivity contribution in [3.05, 3.63) is 75.5 Å². The van der Waals surface area contributed by atoms with E-state index in [4.69, 9.17) is 4.98 Å². The van der Waals surface area contributed by atoms with Gasteiger partial charge in [-0.25, -0.2) is 9.78 Å². The lowest BCUT2D eigenvalue weighted by Crippen LogP contribution is -2.42. The Bertz CT molecular complexity index is 1180. The van der Waals surface area contributed by atoms with Gasteiger partial charge >= 0.3 is 12.2 Å². The SMILES string of the molecule is C=NCc1ccc(-c2csc(C3=C(C)NC(=O)NC3c3ccc(C(F)(F)F)nc3)n2)cc1. The van der Waals surface area contributed by atoms with E-state index >= 15 is 0 Å². The Morgan fingerprint density at radius 3 is 2.56 bits per heavy atom. The predicted molar refractivity (Wildman–Crippen MR) is 117 cm³/mol. The number of aliphatic imine (C=N–C) groups is 1. The number of aromatic nitrogens is 2. The van der Waals surface area contributed by atoms with Gasteiger partial charge in [-0.3, -0.25) is 9.98 Å². The smallest absolute Gasteiger partial charge is 0.327 e. The molecule has 164 valence electrons. The van der Waals surface area contributed by atoms with Crippen LogP contribution in [0.5, 0.6) is 0 Å². The van der Waals surface area contributed by atoms with Gasteiger partial charge in [0, 0.05) is 28.4 Å². The molecule has 0 radical (unpaired) electrons. The van der Waals surface area contributed by atoms with Gasteiger partial charge in [0.05, 0.1) is 18.3 Å². The molecule has 3 aromatic rings. The summed E-state index contributed by atoms with van der Waals surface area (Å²) < 4.78 is 38.7. The van der Waals surface area contributed by atoms with Crippen LogP contribution in [0.15, 0.2) is 58.7 Å². The molecule has 3 heterocycles. The van der Waals surface area contributed by atoms with Gasteiger partial charge in [0.15, 0.2) is 0 Å². The molecule has 1 aliphatic rings. The van der Waals surface area contributed by atoms with E-state index in [0.717, 1.165) is 29.1 Å². The Morgan fingerprint density at radius 2 is 1.94 bits per heavy atom. The van der Waals surface area contributed by atoms with E-state index in [1.807, 2.05) is 29.6 Å². The first kappa shape index (κ1) is 21.7. The quantitative estimate of drug-likeness (QED) is 0.516. The summed E-state index contributed by atoms with van der Waals surface area (Å²) in [5, 5.41) is 8.02. The van der Waals surface area contributed by atoms with Crippen LogP contribution in [-0.2, 0) is 12.7 Å². The van der Waals surface area contributed by atoms with Crippen molar-refractivity contribution in [2.75, 3.05) is 0 Å². The van der Waals surface area contributed by atoms with E-state index in [0.29, 0.717) is 28.4 Å². The van der Waals surface area contributed by atoms with E-state index in [9.17, 15) is 18.0 Å². The first-order chi connectivity index (χ1) is 15.3. The van der Waals surface area contributed by atoms with E-state index < -0.39 is 23.9 Å². The number of urea groups is 1. The fourth-order valence-corrected chi connectivity index (χ4v) is 4.37. The zero-order chi connectivity index (χ0) is 22.9. The summed E-state index contributed by atoms with van der Waals surface area (Å²) in [6.45, 7) is 5.75. The van der Waals surface area contributed by atoms with Crippen LogP contribution in [0.3, 0.4) is 0 Å². The number of carbonyl (C=O) groups is 1. The molecule has 0 bridgehead atoms. The molecule has 0 saturated carbocycles. The van der Waals surface area contributed by atoms with Gasteiger partial charge in [0.25, 0.3) is 0 Å². The molecule has 0 fully saturated rings. The summed E-state index contributed by atoms with van der Waals surface area (Å²) >= 11 is 1.39. The van der Waals surface area contributed by atoms with Gasteiger partial charge in [0.2, 0.25) is 0 Å². The van der Waals surface area contributed by atoms with Crippen molar-refractivity contribution in [3.8, 4) is 11.3 Å². The lowest BCUT2D eigenvalue weighted by molar-refractivity contribution is -0.141. The fraction of sp³-hybridized carbons (Fsp3) is 0.182. The Labute approximate surface area is 186 Å². The number of hydrogen-bond donors (Lipinski definition) is 2. The van der Waals surface area contributed by atoms with Crippen molar-refractivity contribution in [1.29, 1.82) is 0 Å². The number of rotatable bonds is 5. The number of halogens is 3. The number of hydrogen-bond acceptors (Lipinski definition) is 5. The average molecular weight is 457 g/mol. The molecular weight excluding hydrogens is 439 g/mol. The number of nitrogens with zero attached hydrogens (tertiary/aromatic N) is 3. The highest BCUT2D eigenvalue weighted by molar-refractivity contribution is 7.11. The molecule has 1 atom stereocenters. The van der Waals surface area contributed by atoms with Crippen LogP contribution in [0.4, 0.5) is 18.0 Å². The van der Waals surface area contributed by atoms with E-state index in [1.165, 1.54) is 17.4 Å². The fourth-order valence-electron chi connectivity index (χ4n) is 3.41. The van der Waals surface area contributed by atoms with Crippen molar-refractivity contribution >= 4 is 29.7 Å². The second-order valence-electron chi connectivity index (χ2n) is 7.16. The lowest BCUT2D eigenvalue weighted by atomic mass is 9.97. The molecule has 1 aliphatic heterocycles. The highest BCUT2D eigenvalue weighted by atomic mass is 32.1. The molecule has 10 heteroatoms. The summed E-state index contributed by atoms with van der Waals surface area (Å²) in [5.41, 5.74) is 3.40. The Kier molecular flexibility index (Phi) is 5.79. The summed E-state index contributed by atoms with van der Waals surface area (Å²) in [7, 11) is 0. The molecule has 32 heavy (non-hydrogen) atoms. The minimum Gasteiger partial charge on any atom is -0.327 e. The molecular formula is C22H18F3N5OS. The number of pyridine rings is 1. The highest BCUT2D eigenvalue weighted by Gasteiger charge is 2.34. The van der Waals surface area contributed by atoms with Crippen LogP contribution >= 0.6 is 11.3 Å². The maximum Gasteiger partial charge on any atom is 0.433 e. The van der Waals surface area contributed by atoms with E-state index in [2.05, 4.69) is 27.3 Å². The zero-order valence-electron chi connectivity index (χ0n) is 16.9. The molecule has 4 rings (SSSR count). The number of allylic oxidation sites excluding steroid dienone is 1. The van der Waals surface area contributed by atoms with Gasteiger partial charge in [-0.1, -0.05) is 30.3 Å². The predicted octanol–water partition coefficient (Wildman–Crippen LogP) is 5.21. The maximum atomic E-state index is 12.9. The first-order valence-electron chi connectivity index (χ1n) is 9.55. The minimum atomic E-state index is -4.54. The molecule has 0 saturated heterocycles. The standard InChI is InChI=1S/C22H18F3N5OS/c1-12-18(20-29-16(11-32-20)14-5-3-13(4-6-14)9-26-2)19(30-21(31)28-12)15-7-8-17(27-10-15)22(23,24)25/h3-8,10-11,19H,2,9H2,1H3,(H2,28,30,31). The summed E-state index contributed by atoms with van der Waals surface area (Å²) in [6, 6.07) is 8.89. The first-order valence-corrected chi connectivity index (χ1v) is 10.4. The lowest BCUT2D eigenvalue weighted by Gasteiger charge is -2.28. The average Bonchev–Trinajstić information content (AvgIpc) is 3.23. The van der Waals surface area contributed by atoms with Crippen LogP contribution in [0.25, 0.3) is 16.8 Å². The molecule has 1 unspecified atom stereocenters. The van der Waals surface area contributed by atoms with Crippen molar-refractivity contribution < 1.29 is 18.0 Å². The molecule has 6 nitrogen and oxygen atoms in total. The Morgan fingerprint density at radius 1 is 1.19 bits per heavy atom. The van der Waals surface area contributed by atoms with Gasteiger partial charge < -0.3 is 10.6 Å². The van der Waals surface area contributed by atoms with Crippen LogP contribution in [0.1, 0.15) is 34.8 Å². The molecule has 2 aromatic heterocycles. The van der Waals surface area contributed by atoms with Crippen molar-refractivity contribution in [3.63, 3.8) is 0 Å². The number of alkyl halides is 3. The number of thiazole rings is 1. The number of carbonyl (C=O) groups excluding carboxylic acids is 1. The highest BCUT2D eigenvalue weighted by Crippen LogP contribution is 2.38. The Hall–Kier alpha value is -3.53. The van der Waals surface area contributed by atoms with E-state index in [-0.39, 0.29) is 0 Å². The molecule has 0 spiro atoms. The van der Waals surface area contributed by atoms with Gasteiger partial charge in [0.1, 0.15) is 10.7 Å². The monoisotopic (exact) mass is 457 g/mol. The molecule has 1 aromatic carbocycles. The number of benzene rings is 1. The normalized spacial score (nSPS) is 16.5. The third-order valence-corrected chi connectivity index (χ3v) is 5.83. The van der Waals surface area contributed by atoms with Gasteiger partial charge in [-0.2, -0.15) is 13.2 Å². The van der Waals surface area contributed by atoms with Crippen LogP contribution in [-0.4, -0.2) is 22.7 Å². The maximum absolute atomic E-state index is 12.9. The number of amides is 2. The molecule has 0 aliphatic carbocycles. The zero-order valence-corrected chi connectivity index (χ0v) is 17.7. The third kappa shape index (κ3) is 4.40. The minimum absolute atomic E-state index is 0.431. The Balaban J connectivity index is 1.68. The largest absolute Gasteiger partial charge is 0.433 e. The van der Waals surface area contributed by atoms with Gasteiger partial charge in [-0.05, 0) is 30.8 Å². The van der Waals surface area contributed by atoms with Crippen molar-refractivity contribution in [1.82, 2.24) is 20.6 Å². The number of nitrogens with one attached hydrogen (secondary N) is 2.